The van der Waals surface area contributed by atoms with Gasteiger partial charge < -0.3 is 9.15 Å². The highest BCUT2D eigenvalue weighted by molar-refractivity contribution is 5.88. The van der Waals surface area contributed by atoms with Crippen LogP contribution >= 0.6 is 0 Å². The summed E-state index contributed by atoms with van der Waals surface area (Å²) >= 11 is 0. The zero-order chi connectivity index (χ0) is 10.9. The number of rotatable bonds is 1. The number of alkyl halides is 3. The Morgan fingerprint density at radius 3 is 2.50 bits per heavy atom. The molecule has 0 aliphatic heterocycles. The molecule has 0 N–H and O–H groups in total. The molecular weight excluding hydrogens is 203 g/mol. The second-order valence-electron chi connectivity index (χ2n) is 2.40. The molecule has 0 radical (unpaired) electrons. The van der Waals surface area contributed by atoms with Crippen molar-refractivity contribution in [3.8, 4) is 0 Å². The van der Waals surface area contributed by atoms with Gasteiger partial charge in [-0.15, -0.1) is 0 Å². The number of nitrogens with zero attached hydrogens (tertiary/aromatic N) is 1. The number of hydrogen-bond donors (Lipinski definition) is 0. The van der Waals surface area contributed by atoms with Crippen molar-refractivity contribution in [2.75, 3.05) is 7.11 Å². The molecule has 1 aromatic heterocycles. The second kappa shape index (κ2) is 3.32. The van der Waals surface area contributed by atoms with Crippen molar-refractivity contribution in [1.29, 1.82) is 0 Å². The van der Waals surface area contributed by atoms with Crippen LogP contribution in [0.4, 0.5) is 13.2 Å². The molecule has 1 heterocycles. The third-order valence-electron chi connectivity index (χ3n) is 1.37. The lowest BCUT2D eigenvalue weighted by atomic mass is 10.3. The largest absolute Gasteiger partial charge is 0.464 e. The highest BCUT2D eigenvalue weighted by Gasteiger charge is 2.41. The van der Waals surface area contributed by atoms with Crippen LogP contribution in [0.2, 0.25) is 0 Å². The molecule has 78 valence electrons. The standard InChI is InChI=1S/C7H6F3NO3/c1-3-11-4(6(12)13-2)5(14-3)7(8,9)10/h1-2H3. The number of oxazole rings is 1. The van der Waals surface area contributed by atoms with Crippen LogP contribution in [0, 0.1) is 6.92 Å². The van der Waals surface area contributed by atoms with Gasteiger partial charge in [-0.1, -0.05) is 0 Å². The Bertz CT molecular complexity index is 356. The molecule has 0 aliphatic carbocycles. The van der Waals surface area contributed by atoms with Gasteiger partial charge in [-0.2, -0.15) is 13.2 Å². The van der Waals surface area contributed by atoms with E-state index in [0.717, 1.165) is 7.11 Å². The van der Waals surface area contributed by atoms with Gasteiger partial charge in [-0.25, -0.2) is 9.78 Å². The lowest BCUT2D eigenvalue weighted by Gasteiger charge is -2.02. The van der Waals surface area contributed by atoms with Crippen LogP contribution in [0.25, 0.3) is 0 Å². The highest BCUT2D eigenvalue weighted by Crippen LogP contribution is 2.32. The van der Waals surface area contributed by atoms with E-state index in [1.165, 1.54) is 6.92 Å². The zero-order valence-corrected chi connectivity index (χ0v) is 7.31. The van der Waals surface area contributed by atoms with Gasteiger partial charge in [0, 0.05) is 6.92 Å². The number of carbonyl (C=O) groups is 1. The van der Waals surface area contributed by atoms with Crippen molar-refractivity contribution in [3.05, 3.63) is 17.3 Å². The lowest BCUT2D eigenvalue weighted by molar-refractivity contribution is -0.153. The van der Waals surface area contributed by atoms with Crippen LogP contribution < -0.4 is 0 Å². The van der Waals surface area contributed by atoms with Crippen molar-refractivity contribution in [2.24, 2.45) is 0 Å². The molecule has 7 heteroatoms. The van der Waals surface area contributed by atoms with Crippen molar-refractivity contribution < 1.29 is 27.1 Å². The van der Waals surface area contributed by atoms with Crippen molar-refractivity contribution in [3.63, 3.8) is 0 Å². The lowest BCUT2D eigenvalue weighted by Crippen LogP contribution is -2.12. The van der Waals surface area contributed by atoms with E-state index < -0.39 is 23.6 Å². The Morgan fingerprint density at radius 1 is 1.50 bits per heavy atom. The van der Waals surface area contributed by atoms with E-state index in [0.29, 0.717) is 0 Å². The first kappa shape index (κ1) is 10.6. The first-order valence-electron chi connectivity index (χ1n) is 3.49. The molecule has 1 aromatic rings. The third-order valence-corrected chi connectivity index (χ3v) is 1.37. The molecule has 14 heavy (non-hydrogen) atoms. The summed E-state index contributed by atoms with van der Waals surface area (Å²) < 4.78 is 45.0. The van der Waals surface area contributed by atoms with E-state index in [1.807, 2.05) is 0 Å². The topological polar surface area (TPSA) is 52.3 Å². The van der Waals surface area contributed by atoms with Crippen LogP contribution in [-0.4, -0.2) is 18.1 Å². The summed E-state index contributed by atoms with van der Waals surface area (Å²) in [4.78, 5) is 14.1. The Kier molecular flexibility index (Phi) is 2.50. The summed E-state index contributed by atoms with van der Waals surface area (Å²) in [5, 5.41) is 0. The predicted molar refractivity (Wildman–Crippen MR) is 37.6 cm³/mol. The molecule has 0 spiro atoms. The van der Waals surface area contributed by atoms with Crippen LogP contribution in [0.5, 0.6) is 0 Å². The number of esters is 1. The average molecular weight is 209 g/mol. The minimum absolute atomic E-state index is 0.238. The summed E-state index contributed by atoms with van der Waals surface area (Å²) in [6.07, 6.45) is -4.75. The van der Waals surface area contributed by atoms with Gasteiger partial charge in [-0.05, 0) is 0 Å². The molecule has 0 atom stereocenters. The molecule has 0 saturated heterocycles. The molecule has 0 saturated carbocycles. The number of aromatic nitrogens is 1. The van der Waals surface area contributed by atoms with Gasteiger partial charge in [-0.3, -0.25) is 0 Å². The Balaban J connectivity index is 3.23. The van der Waals surface area contributed by atoms with Crippen LogP contribution in [0.1, 0.15) is 22.1 Å². The maximum Gasteiger partial charge on any atom is 0.452 e. The van der Waals surface area contributed by atoms with E-state index in [-0.39, 0.29) is 5.89 Å². The number of ether oxygens (including phenoxy) is 1. The highest BCUT2D eigenvalue weighted by atomic mass is 19.4. The molecule has 0 aromatic carbocycles. The summed E-state index contributed by atoms with van der Waals surface area (Å²) in [6, 6.07) is 0. The minimum atomic E-state index is -4.75. The maximum atomic E-state index is 12.2. The maximum absolute atomic E-state index is 12.2. The van der Waals surface area contributed by atoms with E-state index in [9.17, 15) is 18.0 Å². The number of methoxy groups -OCH3 is 1. The molecule has 1 rings (SSSR count). The molecule has 0 amide bonds. The predicted octanol–water partition coefficient (Wildman–Crippen LogP) is 1.79. The fraction of sp³-hybridized carbons (Fsp3) is 0.429. The number of halogens is 3. The number of aryl methyl sites for hydroxylation is 1. The normalized spacial score (nSPS) is 11.5. The fourth-order valence-electron chi connectivity index (χ4n) is 0.854. The molecule has 0 aliphatic rings. The molecule has 0 fully saturated rings. The Hall–Kier alpha value is -1.53. The summed E-state index contributed by atoms with van der Waals surface area (Å²) in [7, 11) is 0.965. The second-order valence-corrected chi connectivity index (χ2v) is 2.40. The van der Waals surface area contributed by atoms with Gasteiger partial charge in [0.15, 0.2) is 11.6 Å². The Morgan fingerprint density at radius 2 is 2.07 bits per heavy atom. The molecule has 4 nitrogen and oxygen atoms in total. The van der Waals surface area contributed by atoms with Crippen molar-refractivity contribution in [1.82, 2.24) is 4.98 Å². The third kappa shape index (κ3) is 1.86. The SMILES string of the molecule is COC(=O)c1nc(C)oc1C(F)(F)F. The fourth-order valence-corrected chi connectivity index (χ4v) is 0.854. The van der Waals surface area contributed by atoms with Crippen molar-refractivity contribution >= 4 is 5.97 Å². The van der Waals surface area contributed by atoms with Gasteiger partial charge in [0.25, 0.3) is 0 Å². The van der Waals surface area contributed by atoms with Crippen LogP contribution in [0.15, 0.2) is 4.42 Å². The number of hydrogen-bond acceptors (Lipinski definition) is 4. The van der Waals surface area contributed by atoms with E-state index in [2.05, 4.69) is 14.1 Å². The minimum Gasteiger partial charge on any atom is -0.464 e. The summed E-state index contributed by atoms with van der Waals surface area (Å²) in [5.74, 6) is -2.84. The quantitative estimate of drug-likeness (QED) is 0.661. The van der Waals surface area contributed by atoms with E-state index in [1.54, 1.807) is 0 Å². The smallest absolute Gasteiger partial charge is 0.452 e. The molecule has 0 bridgehead atoms. The van der Waals surface area contributed by atoms with Crippen LogP contribution in [0.3, 0.4) is 0 Å². The van der Waals surface area contributed by atoms with Gasteiger partial charge >= 0.3 is 12.1 Å². The summed E-state index contributed by atoms with van der Waals surface area (Å²) in [5.41, 5.74) is -0.850. The van der Waals surface area contributed by atoms with Crippen LogP contribution in [-0.2, 0) is 10.9 Å². The van der Waals surface area contributed by atoms with E-state index >= 15 is 0 Å². The zero-order valence-electron chi connectivity index (χ0n) is 7.31. The van der Waals surface area contributed by atoms with Crippen molar-refractivity contribution in [2.45, 2.75) is 13.1 Å². The first-order chi connectivity index (χ1) is 6.36. The van der Waals surface area contributed by atoms with E-state index in [4.69, 9.17) is 0 Å². The molecular formula is C7H6F3NO3. The monoisotopic (exact) mass is 209 g/mol. The van der Waals surface area contributed by atoms with Gasteiger partial charge in [0.2, 0.25) is 5.76 Å². The summed E-state index contributed by atoms with van der Waals surface area (Å²) in [6.45, 7) is 1.21. The average Bonchev–Trinajstić information content (AvgIpc) is 2.45. The Labute approximate surface area is 76.7 Å². The number of carbonyl (C=O) groups excluding carboxylic acids is 1. The molecule has 0 unspecified atom stereocenters. The van der Waals surface area contributed by atoms with Gasteiger partial charge in [0.05, 0.1) is 7.11 Å². The van der Waals surface area contributed by atoms with Gasteiger partial charge in [0.1, 0.15) is 0 Å². The first-order valence-corrected chi connectivity index (χ1v) is 3.49.